The van der Waals surface area contributed by atoms with Crippen molar-refractivity contribution in [3.63, 3.8) is 0 Å². The standard InChI is InChI=1S/C16H23N5O2S/c1-3-5-12-10-13(22)21-15(18-12)24-16(19-21)20-8-6-11(7-9-20)14(23)17-4-2/h10-11H,3-9H2,1-2H3,(H,17,23). The Morgan fingerprint density at radius 1 is 1.38 bits per heavy atom. The molecule has 0 bridgehead atoms. The van der Waals surface area contributed by atoms with Gasteiger partial charge in [-0.1, -0.05) is 24.7 Å². The van der Waals surface area contributed by atoms with Gasteiger partial charge in [-0.15, -0.1) is 5.10 Å². The van der Waals surface area contributed by atoms with Gasteiger partial charge in [0.25, 0.3) is 5.56 Å². The SMILES string of the molecule is CCCc1cc(=O)n2nc(N3CCC(C(=O)NCC)CC3)sc2n1. The minimum absolute atomic E-state index is 0.0765. The first-order valence-corrected chi connectivity index (χ1v) is 9.36. The average Bonchev–Trinajstić information content (AvgIpc) is 3.00. The van der Waals surface area contributed by atoms with E-state index in [-0.39, 0.29) is 17.4 Å². The van der Waals surface area contributed by atoms with Crippen molar-refractivity contribution in [3.8, 4) is 0 Å². The molecule has 1 aliphatic heterocycles. The van der Waals surface area contributed by atoms with Crippen LogP contribution in [-0.4, -0.2) is 40.1 Å². The molecule has 7 nitrogen and oxygen atoms in total. The number of amides is 1. The van der Waals surface area contributed by atoms with Crippen molar-refractivity contribution in [1.82, 2.24) is 19.9 Å². The number of nitrogens with one attached hydrogen (secondary N) is 1. The summed E-state index contributed by atoms with van der Waals surface area (Å²) in [6, 6.07) is 1.57. The Bertz CT molecular complexity index is 776. The Morgan fingerprint density at radius 3 is 2.79 bits per heavy atom. The van der Waals surface area contributed by atoms with Crippen LogP contribution in [0.5, 0.6) is 0 Å². The van der Waals surface area contributed by atoms with E-state index in [4.69, 9.17) is 0 Å². The van der Waals surface area contributed by atoms with Crippen LogP contribution < -0.4 is 15.8 Å². The number of anilines is 1. The van der Waals surface area contributed by atoms with Crippen LogP contribution in [0.3, 0.4) is 0 Å². The molecule has 2 aromatic heterocycles. The van der Waals surface area contributed by atoms with E-state index in [1.54, 1.807) is 6.07 Å². The smallest absolute Gasteiger partial charge is 0.275 e. The van der Waals surface area contributed by atoms with Gasteiger partial charge < -0.3 is 10.2 Å². The molecule has 1 fully saturated rings. The first kappa shape index (κ1) is 16.9. The average molecular weight is 349 g/mol. The van der Waals surface area contributed by atoms with Crippen molar-refractivity contribution in [3.05, 3.63) is 22.1 Å². The van der Waals surface area contributed by atoms with Crippen molar-refractivity contribution in [2.75, 3.05) is 24.5 Å². The van der Waals surface area contributed by atoms with E-state index in [9.17, 15) is 9.59 Å². The summed E-state index contributed by atoms with van der Waals surface area (Å²) in [5, 5.41) is 8.13. The highest BCUT2D eigenvalue weighted by Gasteiger charge is 2.26. The van der Waals surface area contributed by atoms with E-state index in [2.05, 4.69) is 27.2 Å². The first-order valence-electron chi connectivity index (χ1n) is 8.54. The number of carbonyl (C=O) groups is 1. The highest BCUT2D eigenvalue weighted by atomic mass is 32.1. The number of hydrogen-bond donors (Lipinski definition) is 1. The van der Waals surface area contributed by atoms with Gasteiger partial charge in [-0.25, -0.2) is 4.98 Å². The third-order valence-corrected chi connectivity index (χ3v) is 5.25. The third kappa shape index (κ3) is 3.43. The summed E-state index contributed by atoms with van der Waals surface area (Å²) >= 11 is 1.44. The molecular weight excluding hydrogens is 326 g/mol. The van der Waals surface area contributed by atoms with Crippen molar-refractivity contribution in [2.24, 2.45) is 5.92 Å². The second-order valence-electron chi connectivity index (χ2n) is 6.07. The van der Waals surface area contributed by atoms with E-state index in [1.807, 2.05) is 6.92 Å². The van der Waals surface area contributed by atoms with E-state index in [1.165, 1.54) is 15.9 Å². The maximum Gasteiger partial charge on any atom is 0.275 e. The third-order valence-electron chi connectivity index (χ3n) is 4.28. The summed E-state index contributed by atoms with van der Waals surface area (Å²) in [4.78, 5) is 31.4. The summed E-state index contributed by atoms with van der Waals surface area (Å²) < 4.78 is 1.38. The number of aromatic nitrogens is 3. The van der Waals surface area contributed by atoms with Crippen LogP contribution >= 0.6 is 11.3 Å². The summed E-state index contributed by atoms with van der Waals surface area (Å²) in [7, 11) is 0. The molecule has 0 aliphatic carbocycles. The summed E-state index contributed by atoms with van der Waals surface area (Å²) in [5.74, 6) is 0.219. The molecule has 1 amide bonds. The second-order valence-corrected chi connectivity index (χ2v) is 7.01. The number of piperidine rings is 1. The van der Waals surface area contributed by atoms with Gasteiger partial charge in [-0.2, -0.15) is 4.52 Å². The van der Waals surface area contributed by atoms with Gasteiger partial charge in [0, 0.05) is 37.3 Å². The van der Waals surface area contributed by atoms with Gasteiger partial charge in [-0.3, -0.25) is 9.59 Å². The molecule has 1 aliphatic rings. The zero-order valence-corrected chi connectivity index (χ0v) is 14.9. The highest BCUT2D eigenvalue weighted by molar-refractivity contribution is 7.20. The number of hydrogen-bond acceptors (Lipinski definition) is 6. The first-order chi connectivity index (χ1) is 11.6. The minimum Gasteiger partial charge on any atom is -0.356 e. The Morgan fingerprint density at radius 2 is 2.12 bits per heavy atom. The van der Waals surface area contributed by atoms with Crippen molar-refractivity contribution in [1.29, 1.82) is 0 Å². The molecule has 1 saturated heterocycles. The fourth-order valence-corrected chi connectivity index (χ4v) is 3.99. The van der Waals surface area contributed by atoms with Gasteiger partial charge >= 0.3 is 0 Å². The van der Waals surface area contributed by atoms with Crippen LogP contribution in [0.4, 0.5) is 5.13 Å². The lowest BCUT2D eigenvalue weighted by atomic mass is 9.96. The maximum atomic E-state index is 12.2. The molecule has 3 heterocycles. The van der Waals surface area contributed by atoms with Crippen molar-refractivity contribution < 1.29 is 4.79 Å². The molecular formula is C16H23N5O2S. The van der Waals surface area contributed by atoms with Gasteiger partial charge in [0.05, 0.1) is 0 Å². The largest absolute Gasteiger partial charge is 0.356 e. The monoisotopic (exact) mass is 349 g/mol. The predicted octanol–water partition coefficient (Wildman–Crippen LogP) is 1.46. The molecule has 0 spiro atoms. The van der Waals surface area contributed by atoms with Crippen LogP contribution in [0, 0.1) is 5.92 Å². The lowest BCUT2D eigenvalue weighted by Gasteiger charge is -2.30. The van der Waals surface area contributed by atoms with Gasteiger partial charge in [0.15, 0.2) is 0 Å². The number of rotatable bonds is 5. The summed E-state index contributed by atoms with van der Waals surface area (Å²) in [5.41, 5.74) is 0.704. The van der Waals surface area contributed by atoms with Gasteiger partial charge in [0.1, 0.15) is 0 Å². The molecule has 1 N–H and O–H groups in total. The van der Waals surface area contributed by atoms with Crippen LogP contribution in [0.2, 0.25) is 0 Å². The van der Waals surface area contributed by atoms with Gasteiger partial charge in [-0.05, 0) is 26.2 Å². The maximum absolute atomic E-state index is 12.2. The zero-order valence-electron chi connectivity index (χ0n) is 14.1. The molecule has 3 rings (SSSR count). The lowest BCUT2D eigenvalue weighted by molar-refractivity contribution is -0.125. The van der Waals surface area contributed by atoms with E-state index in [0.29, 0.717) is 11.5 Å². The topological polar surface area (TPSA) is 79.6 Å². The van der Waals surface area contributed by atoms with Crippen LogP contribution in [0.15, 0.2) is 10.9 Å². The molecule has 0 atom stereocenters. The molecule has 0 aromatic carbocycles. The summed E-state index contributed by atoms with van der Waals surface area (Å²) in [6.07, 6.45) is 3.38. The van der Waals surface area contributed by atoms with Crippen molar-refractivity contribution in [2.45, 2.75) is 39.5 Å². The predicted molar refractivity (Wildman–Crippen MR) is 94.7 cm³/mol. The van der Waals surface area contributed by atoms with E-state index >= 15 is 0 Å². The van der Waals surface area contributed by atoms with Crippen LogP contribution in [0.25, 0.3) is 4.96 Å². The number of aryl methyl sites for hydroxylation is 1. The molecule has 0 unspecified atom stereocenters. The minimum atomic E-state index is -0.122. The quantitative estimate of drug-likeness (QED) is 0.884. The lowest BCUT2D eigenvalue weighted by Crippen LogP contribution is -2.40. The highest BCUT2D eigenvalue weighted by Crippen LogP contribution is 2.26. The van der Waals surface area contributed by atoms with Gasteiger partial charge in [0.2, 0.25) is 16.0 Å². The fourth-order valence-electron chi connectivity index (χ4n) is 3.01. The Labute approximate surface area is 144 Å². The fraction of sp³-hybridized carbons (Fsp3) is 0.625. The van der Waals surface area contributed by atoms with E-state index < -0.39 is 0 Å². The molecule has 0 saturated carbocycles. The van der Waals surface area contributed by atoms with Crippen LogP contribution in [0.1, 0.15) is 38.8 Å². The molecule has 130 valence electrons. The van der Waals surface area contributed by atoms with Crippen LogP contribution in [-0.2, 0) is 11.2 Å². The van der Waals surface area contributed by atoms with E-state index in [0.717, 1.165) is 49.6 Å². The number of fused-ring (bicyclic) bond motifs is 1. The summed E-state index contributed by atoms with van der Waals surface area (Å²) in [6.45, 7) is 6.23. The Hall–Kier alpha value is -1.96. The molecule has 2 aromatic rings. The normalized spacial score (nSPS) is 15.8. The number of carbonyl (C=O) groups excluding carboxylic acids is 1. The zero-order chi connectivity index (χ0) is 17.1. The molecule has 24 heavy (non-hydrogen) atoms. The second kappa shape index (κ2) is 7.29. The molecule has 0 radical (unpaired) electrons. The number of nitrogens with zero attached hydrogens (tertiary/aromatic N) is 4. The molecule has 8 heteroatoms. The Balaban J connectivity index is 1.75. The van der Waals surface area contributed by atoms with Crippen molar-refractivity contribution >= 4 is 27.3 Å². The Kier molecular flexibility index (Phi) is 5.13.